The van der Waals surface area contributed by atoms with Gasteiger partial charge in [0, 0.05) is 30.9 Å². The lowest BCUT2D eigenvalue weighted by Gasteiger charge is -2.31. The molecule has 1 aromatic carbocycles. The highest BCUT2D eigenvalue weighted by atomic mass is 16.3. The van der Waals surface area contributed by atoms with Gasteiger partial charge in [-0.25, -0.2) is 9.97 Å². The van der Waals surface area contributed by atoms with Crippen molar-refractivity contribution in [1.82, 2.24) is 24.6 Å². The number of rotatable bonds is 5. The number of carbonyl (C=O) groups excluding carboxylic acids is 1. The highest BCUT2D eigenvalue weighted by molar-refractivity contribution is 5.79. The summed E-state index contributed by atoms with van der Waals surface area (Å²) >= 11 is 0. The molecule has 3 aromatic heterocycles. The van der Waals surface area contributed by atoms with Crippen molar-refractivity contribution in [2.45, 2.75) is 38.3 Å². The molecule has 1 amide bonds. The Morgan fingerprint density at radius 2 is 1.85 bits per heavy atom. The molecule has 1 fully saturated rings. The summed E-state index contributed by atoms with van der Waals surface area (Å²) in [7, 11) is 0. The molecule has 6 rings (SSSR count). The summed E-state index contributed by atoms with van der Waals surface area (Å²) in [6, 6.07) is 14.5. The smallest absolute Gasteiger partial charge is 0.234 e. The van der Waals surface area contributed by atoms with E-state index in [1.54, 1.807) is 12.5 Å². The van der Waals surface area contributed by atoms with Crippen LogP contribution < -0.4 is 5.32 Å². The van der Waals surface area contributed by atoms with Gasteiger partial charge in [0.05, 0.1) is 12.0 Å². The minimum Gasteiger partial charge on any atom is -0.463 e. The minimum atomic E-state index is 0.0818. The summed E-state index contributed by atoms with van der Waals surface area (Å²) in [4.78, 5) is 24.5. The lowest BCUT2D eigenvalue weighted by molar-refractivity contribution is -0.127. The van der Waals surface area contributed by atoms with Crippen LogP contribution in [0.1, 0.15) is 29.7 Å². The highest BCUT2D eigenvalue weighted by Gasteiger charge is 2.30. The molecule has 0 radical (unpaired) electrons. The molecule has 1 aliphatic carbocycles. The Balaban J connectivity index is 1.10. The maximum absolute atomic E-state index is 12.9. The fourth-order valence-corrected chi connectivity index (χ4v) is 5.24. The van der Waals surface area contributed by atoms with Crippen molar-refractivity contribution in [3.8, 4) is 11.5 Å². The summed E-state index contributed by atoms with van der Waals surface area (Å²) in [6.45, 7) is 2.51. The quantitative estimate of drug-likeness (QED) is 0.513. The summed E-state index contributed by atoms with van der Waals surface area (Å²) in [5.74, 6) is 1.72. The predicted octanol–water partition coefficient (Wildman–Crippen LogP) is 3.48. The van der Waals surface area contributed by atoms with Gasteiger partial charge in [-0.15, -0.1) is 0 Å². The average Bonchev–Trinajstić information content (AvgIpc) is 3.58. The Morgan fingerprint density at radius 3 is 2.58 bits per heavy atom. The lowest BCUT2D eigenvalue weighted by Crippen LogP contribution is -2.44. The highest BCUT2D eigenvalue weighted by Crippen LogP contribution is 2.28. The first kappa shape index (κ1) is 20.2. The summed E-state index contributed by atoms with van der Waals surface area (Å²) in [5, 5.41) is 3.32. The average molecular weight is 442 g/mol. The normalized spacial score (nSPS) is 17.5. The Labute approximate surface area is 192 Å². The number of piperidine rings is 1. The first-order valence-electron chi connectivity index (χ1n) is 11.7. The van der Waals surface area contributed by atoms with E-state index in [1.165, 1.54) is 11.1 Å². The topological polar surface area (TPSA) is 75.7 Å². The third-order valence-corrected chi connectivity index (χ3v) is 6.99. The molecule has 7 heteroatoms. The van der Waals surface area contributed by atoms with Crippen LogP contribution >= 0.6 is 0 Å². The molecule has 7 nitrogen and oxygen atoms in total. The number of imidazole rings is 1. The third-order valence-electron chi connectivity index (χ3n) is 6.99. The van der Waals surface area contributed by atoms with Crippen molar-refractivity contribution < 1.29 is 9.21 Å². The first-order chi connectivity index (χ1) is 16.2. The number of nitrogens with zero attached hydrogens (tertiary/aromatic N) is 4. The lowest BCUT2D eigenvalue weighted by atomic mass is 9.95. The predicted molar refractivity (Wildman–Crippen MR) is 124 cm³/mol. The fraction of sp³-hybridized carbons (Fsp3) is 0.346. The van der Waals surface area contributed by atoms with Crippen LogP contribution in [-0.2, 0) is 24.2 Å². The van der Waals surface area contributed by atoms with Gasteiger partial charge in [-0.3, -0.25) is 14.1 Å². The second-order valence-corrected chi connectivity index (χ2v) is 9.11. The molecule has 0 unspecified atom stereocenters. The van der Waals surface area contributed by atoms with E-state index in [0.717, 1.165) is 62.5 Å². The molecule has 33 heavy (non-hydrogen) atoms. The van der Waals surface area contributed by atoms with E-state index in [2.05, 4.69) is 39.5 Å². The largest absolute Gasteiger partial charge is 0.463 e. The number of nitrogens with one attached hydrogen (secondary N) is 1. The van der Waals surface area contributed by atoms with Crippen molar-refractivity contribution in [3.05, 3.63) is 77.9 Å². The minimum absolute atomic E-state index is 0.0818. The number of aromatic nitrogens is 3. The molecular formula is C26H27N5O2. The van der Waals surface area contributed by atoms with Crippen LogP contribution in [0.5, 0.6) is 0 Å². The standard InChI is InChI=1S/C26H27N5O2/c32-25(28-21-15-19-5-1-2-6-20(19)16-21)18-8-12-30(13-9-18)17-22-24(23-7-3-14-33-23)29-26-27-10-4-11-31(22)26/h1-7,10-11,14,18,21H,8-9,12-13,15-17H2,(H,28,32). The van der Waals surface area contributed by atoms with Gasteiger partial charge < -0.3 is 9.73 Å². The number of likely N-dealkylation sites (tertiary alicyclic amines) is 1. The van der Waals surface area contributed by atoms with Crippen LogP contribution in [-0.4, -0.2) is 44.3 Å². The van der Waals surface area contributed by atoms with Crippen LogP contribution in [0.25, 0.3) is 17.2 Å². The Kier molecular flexibility index (Phi) is 5.19. The van der Waals surface area contributed by atoms with Crippen molar-refractivity contribution in [2.75, 3.05) is 13.1 Å². The number of benzene rings is 1. The Morgan fingerprint density at radius 1 is 1.06 bits per heavy atom. The molecule has 4 aromatic rings. The fourth-order valence-electron chi connectivity index (χ4n) is 5.24. The molecule has 1 saturated heterocycles. The zero-order valence-corrected chi connectivity index (χ0v) is 18.5. The zero-order chi connectivity index (χ0) is 22.2. The van der Waals surface area contributed by atoms with Crippen LogP contribution in [0.4, 0.5) is 0 Å². The first-order valence-corrected chi connectivity index (χ1v) is 11.7. The molecule has 1 N–H and O–H groups in total. The van der Waals surface area contributed by atoms with Gasteiger partial charge in [-0.05, 0) is 68.1 Å². The second kappa shape index (κ2) is 8.48. The number of fused-ring (bicyclic) bond motifs is 2. The summed E-state index contributed by atoms with van der Waals surface area (Å²) in [5.41, 5.74) is 4.64. The van der Waals surface area contributed by atoms with E-state index < -0.39 is 0 Å². The number of hydrogen-bond acceptors (Lipinski definition) is 5. The molecule has 4 heterocycles. The van der Waals surface area contributed by atoms with Gasteiger partial charge in [-0.2, -0.15) is 0 Å². The summed E-state index contributed by atoms with van der Waals surface area (Å²) in [6.07, 6.45) is 9.05. The maximum Gasteiger partial charge on any atom is 0.234 e. The molecule has 0 saturated carbocycles. The van der Waals surface area contributed by atoms with E-state index in [9.17, 15) is 4.79 Å². The van der Waals surface area contributed by atoms with Crippen LogP contribution in [0, 0.1) is 5.92 Å². The van der Waals surface area contributed by atoms with E-state index in [1.807, 2.05) is 28.8 Å². The van der Waals surface area contributed by atoms with Gasteiger partial charge in [0.15, 0.2) is 5.76 Å². The van der Waals surface area contributed by atoms with Crippen molar-refractivity contribution in [2.24, 2.45) is 5.92 Å². The van der Waals surface area contributed by atoms with E-state index in [0.29, 0.717) is 5.78 Å². The van der Waals surface area contributed by atoms with Crippen LogP contribution in [0.3, 0.4) is 0 Å². The van der Waals surface area contributed by atoms with E-state index in [4.69, 9.17) is 9.40 Å². The van der Waals surface area contributed by atoms with Gasteiger partial charge in [0.25, 0.3) is 0 Å². The van der Waals surface area contributed by atoms with Crippen LogP contribution in [0.2, 0.25) is 0 Å². The second-order valence-electron chi connectivity index (χ2n) is 9.11. The van der Waals surface area contributed by atoms with Crippen molar-refractivity contribution in [3.63, 3.8) is 0 Å². The van der Waals surface area contributed by atoms with Gasteiger partial charge in [-0.1, -0.05) is 24.3 Å². The van der Waals surface area contributed by atoms with E-state index in [-0.39, 0.29) is 17.9 Å². The SMILES string of the molecule is O=C(NC1Cc2ccccc2C1)C1CCN(Cc2c(-c3ccco3)nc3ncccn23)CC1. The molecule has 0 spiro atoms. The van der Waals surface area contributed by atoms with Gasteiger partial charge >= 0.3 is 0 Å². The summed E-state index contributed by atoms with van der Waals surface area (Å²) < 4.78 is 7.68. The number of amides is 1. The van der Waals surface area contributed by atoms with E-state index >= 15 is 0 Å². The number of hydrogen-bond donors (Lipinski definition) is 1. The van der Waals surface area contributed by atoms with Gasteiger partial charge in [0.1, 0.15) is 5.69 Å². The Bertz CT molecular complexity index is 1250. The zero-order valence-electron chi connectivity index (χ0n) is 18.5. The molecule has 168 valence electrons. The van der Waals surface area contributed by atoms with Crippen LogP contribution in [0.15, 0.2) is 65.5 Å². The molecule has 0 bridgehead atoms. The molecule has 2 aliphatic rings. The van der Waals surface area contributed by atoms with Gasteiger partial charge in [0.2, 0.25) is 11.7 Å². The monoisotopic (exact) mass is 441 g/mol. The molecule has 1 aliphatic heterocycles. The van der Waals surface area contributed by atoms with Crippen molar-refractivity contribution in [1.29, 1.82) is 0 Å². The molecular weight excluding hydrogens is 414 g/mol. The maximum atomic E-state index is 12.9. The van der Waals surface area contributed by atoms with Crippen molar-refractivity contribution >= 4 is 11.7 Å². The molecule has 0 atom stereocenters. The third kappa shape index (κ3) is 3.93. The number of furan rings is 1. The Hall–Kier alpha value is -3.45. The number of carbonyl (C=O) groups is 1.